The van der Waals surface area contributed by atoms with Gasteiger partial charge in [-0.2, -0.15) is 13.2 Å². The zero-order valence-electron chi connectivity index (χ0n) is 25.9. The minimum Gasteiger partial charge on any atom is -0.449 e. The molecule has 45 heavy (non-hydrogen) atoms. The van der Waals surface area contributed by atoms with Gasteiger partial charge in [-0.3, -0.25) is 0 Å². The maximum absolute atomic E-state index is 14.7. The van der Waals surface area contributed by atoms with E-state index in [1.54, 1.807) is 12.1 Å². The molecule has 0 heterocycles. The summed E-state index contributed by atoms with van der Waals surface area (Å²) in [6, 6.07) is 15.8. The van der Waals surface area contributed by atoms with Crippen LogP contribution in [0.5, 0.6) is 5.75 Å². The molecule has 0 fully saturated rings. The number of alkyl halides is 3. The Balaban J connectivity index is 1.59. The number of unbranched alkanes of at least 4 members (excludes halogenated alkanes) is 8. The summed E-state index contributed by atoms with van der Waals surface area (Å²) in [5.41, 5.74) is 1.90. The minimum atomic E-state index is -4.89. The first-order chi connectivity index (χ1) is 21.5. The second kappa shape index (κ2) is 17.7. The van der Waals surface area contributed by atoms with Gasteiger partial charge in [0.1, 0.15) is 22.9 Å². The van der Waals surface area contributed by atoms with Gasteiger partial charge in [0.2, 0.25) is 0 Å². The van der Waals surface area contributed by atoms with E-state index in [1.807, 2.05) is 19.1 Å². The number of rotatable bonds is 17. The molecule has 3 rings (SSSR count). The number of carbonyl (C=O) groups is 2. The summed E-state index contributed by atoms with van der Waals surface area (Å²) in [5.74, 6) is -6.26. The molecule has 244 valence electrons. The molecule has 9 heteroatoms. The van der Waals surface area contributed by atoms with Gasteiger partial charge in [0.15, 0.2) is 6.10 Å². The highest BCUT2D eigenvalue weighted by atomic mass is 19.4. The predicted octanol–water partition coefficient (Wildman–Crippen LogP) is 10.8. The van der Waals surface area contributed by atoms with Crippen LogP contribution in [0.3, 0.4) is 0 Å². The fraction of sp³-hybridized carbons (Fsp3) is 0.444. The predicted molar refractivity (Wildman–Crippen MR) is 164 cm³/mol. The Morgan fingerprint density at radius 2 is 1.20 bits per heavy atom. The summed E-state index contributed by atoms with van der Waals surface area (Å²) in [6.07, 6.45) is 2.68. The Bertz CT molecular complexity index is 1340. The summed E-state index contributed by atoms with van der Waals surface area (Å²) in [5, 5.41) is 0. The van der Waals surface area contributed by atoms with Gasteiger partial charge in [0.25, 0.3) is 0 Å². The maximum Gasteiger partial charge on any atom is 0.425 e. The molecule has 3 aromatic rings. The van der Waals surface area contributed by atoms with Crippen LogP contribution < -0.4 is 4.74 Å². The molecule has 0 aliphatic carbocycles. The number of hydrogen-bond acceptors (Lipinski definition) is 4. The topological polar surface area (TPSA) is 52.6 Å². The maximum atomic E-state index is 14.7. The highest BCUT2D eigenvalue weighted by Crippen LogP contribution is 2.30. The lowest BCUT2D eigenvalue weighted by molar-refractivity contribution is -0.206. The Morgan fingerprint density at radius 3 is 1.76 bits per heavy atom. The number of halogens is 5. The van der Waals surface area contributed by atoms with Crippen molar-refractivity contribution in [1.82, 2.24) is 0 Å². The van der Waals surface area contributed by atoms with E-state index >= 15 is 0 Å². The number of benzene rings is 3. The van der Waals surface area contributed by atoms with Gasteiger partial charge in [-0.05, 0) is 54.5 Å². The monoisotopic (exact) mass is 632 g/mol. The third kappa shape index (κ3) is 11.3. The van der Waals surface area contributed by atoms with Gasteiger partial charge in [-0.25, -0.2) is 18.4 Å². The van der Waals surface area contributed by atoms with Gasteiger partial charge in [0.05, 0.1) is 5.56 Å². The van der Waals surface area contributed by atoms with E-state index in [1.165, 1.54) is 49.8 Å². The van der Waals surface area contributed by atoms with E-state index in [0.29, 0.717) is 25.0 Å². The van der Waals surface area contributed by atoms with Crippen LogP contribution in [0.25, 0.3) is 11.1 Å². The van der Waals surface area contributed by atoms with Crippen molar-refractivity contribution in [3.8, 4) is 16.9 Å². The molecule has 1 atom stereocenters. The molecule has 4 nitrogen and oxygen atoms in total. The first-order valence-corrected chi connectivity index (χ1v) is 15.7. The number of hydrogen-bond donors (Lipinski definition) is 0. The van der Waals surface area contributed by atoms with E-state index in [4.69, 9.17) is 4.74 Å². The third-order valence-corrected chi connectivity index (χ3v) is 7.59. The van der Waals surface area contributed by atoms with E-state index in [9.17, 15) is 31.5 Å². The molecule has 0 N–H and O–H groups in total. The molecule has 0 bridgehead atoms. The molecule has 0 saturated carbocycles. The zero-order valence-corrected chi connectivity index (χ0v) is 25.9. The number of esters is 2. The normalized spacial score (nSPS) is 12.2. The van der Waals surface area contributed by atoms with Crippen molar-refractivity contribution in [2.45, 2.75) is 103 Å². The summed E-state index contributed by atoms with van der Waals surface area (Å²) in [6.45, 7) is 4.09. The van der Waals surface area contributed by atoms with Gasteiger partial charge in [-0.15, -0.1) is 0 Å². The Kier molecular flexibility index (Phi) is 14.0. The molecule has 1 unspecified atom stereocenters. The average molecular weight is 633 g/mol. The Hall–Kier alpha value is -3.75. The van der Waals surface area contributed by atoms with E-state index < -0.39 is 53.6 Å². The molecule has 3 aromatic carbocycles. The first kappa shape index (κ1) is 35.7. The summed E-state index contributed by atoms with van der Waals surface area (Å²) >= 11 is 0. The van der Waals surface area contributed by atoms with Crippen LogP contribution in [0, 0.1) is 11.6 Å². The lowest BCUT2D eigenvalue weighted by atomic mass is 10.00. The lowest BCUT2D eigenvalue weighted by Crippen LogP contribution is -2.34. The van der Waals surface area contributed by atoms with Gasteiger partial charge < -0.3 is 9.47 Å². The van der Waals surface area contributed by atoms with Gasteiger partial charge in [0, 0.05) is 12.1 Å². The number of ether oxygens (including phenoxy) is 2. The standard InChI is InChI=1S/C36H41F5O4/c1-3-5-7-9-10-11-13-25-15-17-26(18-16-25)27-19-21-28(22-20-27)34(42)44-29-23-30(37)33(31(38)24-29)35(43)45-32(36(39,40)41)14-12-8-6-4-2/h15-24,32H,3-14H2,1-2H3. The summed E-state index contributed by atoms with van der Waals surface area (Å²) in [7, 11) is 0. The van der Waals surface area contributed by atoms with Crippen molar-refractivity contribution in [1.29, 1.82) is 0 Å². The largest absolute Gasteiger partial charge is 0.449 e. The Morgan fingerprint density at radius 1 is 0.689 bits per heavy atom. The highest BCUT2D eigenvalue weighted by Gasteiger charge is 2.43. The average Bonchev–Trinajstić information content (AvgIpc) is 3.00. The first-order valence-electron chi connectivity index (χ1n) is 15.7. The molecular formula is C36H41F5O4. The summed E-state index contributed by atoms with van der Waals surface area (Å²) in [4.78, 5) is 25.0. The van der Waals surface area contributed by atoms with E-state index in [-0.39, 0.29) is 12.0 Å². The van der Waals surface area contributed by atoms with Crippen molar-refractivity contribution in [3.63, 3.8) is 0 Å². The van der Waals surface area contributed by atoms with Crippen LogP contribution in [0.2, 0.25) is 0 Å². The zero-order chi connectivity index (χ0) is 32.8. The molecule has 0 saturated heterocycles. The van der Waals surface area contributed by atoms with Gasteiger partial charge >= 0.3 is 18.1 Å². The fourth-order valence-electron chi connectivity index (χ4n) is 4.98. The van der Waals surface area contributed by atoms with Crippen LogP contribution in [-0.2, 0) is 11.2 Å². The molecule has 0 aliphatic heterocycles. The van der Waals surface area contributed by atoms with Gasteiger partial charge in [-0.1, -0.05) is 102 Å². The van der Waals surface area contributed by atoms with Crippen molar-refractivity contribution in [3.05, 3.63) is 89.0 Å². The fourth-order valence-corrected chi connectivity index (χ4v) is 4.98. The quantitative estimate of drug-likeness (QED) is 0.0643. The highest BCUT2D eigenvalue weighted by molar-refractivity contribution is 5.92. The smallest absolute Gasteiger partial charge is 0.425 e. The van der Waals surface area contributed by atoms with Crippen molar-refractivity contribution in [2.24, 2.45) is 0 Å². The number of carbonyl (C=O) groups excluding carboxylic acids is 2. The lowest BCUT2D eigenvalue weighted by Gasteiger charge is -2.21. The van der Waals surface area contributed by atoms with Crippen LogP contribution in [0.4, 0.5) is 22.0 Å². The van der Waals surface area contributed by atoms with E-state index in [0.717, 1.165) is 30.4 Å². The van der Waals surface area contributed by atoms with Crippen molar-refractivity contribution in [2.75, 3.05) is 0 Å². The molecule has 0 spiro atoms. The summed E-state index contributed by atoms with van der Waals surface area (Å²) < 4.78 is 79.1. The van der Waals surface area contributed by atoms with Crippen LogP contribution in [0.1, 0.15) is 111 Å². The molecule has 0 amide bonds. The van der Waals surface area contributed by atoms with Crippen LogP contribution in [0.15, 0.2) is 60.7 Å². The number of aryl methyl sites for hydroxylation is 1. The Labute approximate surface area is 261 Å². The van der Waals surface area contributed by atoms with Crippen molar-refractivity contribution >= 4 is 11.9 Å². The molecular weight excluding hydrogens is 591 g/mol. The second-order valence-corrected chi connectivity index (χ2v) is 11.2. The third-order valence-electron chi connectivity index (χ3n) is 7.59. The minimum absolute atomic E-state index is 0.110. The molecule has 0 aliphatic rings. The molecule has 0 aromatic heterocycles. The SMILES string of the molecule is CCCCCCCCc1ccc(-c2ccc(C(=O)Oc3cc(F)c(C(=O)OC(CCCCCC)C(F)(F)F)c(F)c3)cc2)cc1. The van der Waals surface area contributed by atoms with Crippen LogP contribution in [-0.4, -0.2) is 24.2 Å². The van der Waals surface area contributed by atoms with Crippen molar-refractivity contribution < 1.29 is 41.0 Å². The van der Waals surface area contributed by atoms with E-state index in [2.05, 4.69) is 23.8 Å². The van der Waals surface area contributed by atoms with Crippen LogP contribution >= 0.6 is 0 Å². The second-order valence-electron chi connectivity index (χ2n) is 11.2. The molecule has 0 radical (unpaired) electrons.